The third-order valence-electron chi connectivity index (χ3n) is 5.40. The Balaban J connectivity index is 1.52. The van der Waals surface area contributed by atoms with Gasteiger partial charge in [0.15, 0.2) is 0 Å². The average Bonchev–Trinajstić information content (AvgIpc) is 3.29. The van der Waals surface area contributed by atoms with Crippen molar-refractivity contribution in [2.24, 2.45) is 0 Å². The Morgan fingerprint density at radius 2 is 2.00 bits per heavy atom. The van der Waals surface area contributed by atoms with Crippen molar-refractivity contribution in [1.82, 2.24) is 35.4 Å². The topological polar surface area (TPSA) is 90.9 Å². The van der Waals surface area contributed by atoms with Crippen LogP contribution < -0.4 is 0 Å². The molecule has 1 aromatic carbocycles. The molecule has 0 saturated carbocycles. The molecular formula is C21H25N7O. The summed E-state index contributed by atoms with van der Waals surface area (Å²) in [6, 6.07) is 14.1. The summed E-state index contributed by atoms with van der Waals surface area (Å²) < 4.78 is 0. The fourth-order valence-electron chi connectivity index (χ4n) is 3.76. The van der Waals surface area contributed by atoms with Crippen LogP contribution in [0.2, 0.25) is 0 Å². The number of piperidine rings is 1. The zero-order chi connectivity index (χ0) is 20.1. The molecule has 1 aliphatic heterocycles. The molecule has 1 fully saturated rings. The van der Waals surface area contributed by atoms with Gasteiger partial charge in [0.05, 0.1) is 12.1 Å². The predicted octanol–water partition coefficient (Wildman–Crippen LogP) is 1.93. The summed E-state index contributed by atoms with van der Waals surface area (Å²) in [5, 5.41) is 14.1. The molecule has 3 heterocycles. The minimum absolute atomic E-state index is 0.0983. The Bertz CT molecular complexity index is 921. The third kappa shape index (κ3) is 4.83. The lowest BCUT2D eigenvalue weighted by Gasteiger charge is -2.37. The molecule has 150 valence electrons. The van der Waals surface area contributed by atoms with Crippen molar-refractivity contribution in [3.63, 3.8) is 0 Å². The first-order chi connectivity index (χ1) is 14.2. The van der Waals surface area contributed by atoms with E-state index < -0.39 is 0 Å². The Morgan fingerprint density at radius 1 is 1.21 bits per heavy atom. The largest absolute Gasteiger partial charge is 0.335 e. The molecule has 0 bridgehead atoms. The van der Waals surface area contributed by atoms with Crippen molar-refractivity contribution in [2.75, 3.05) is 20.1 Å². The number of aromatic nitrogens is 5. The van der Waals surface area contributed by atoms with Gasteiger partial charge in [-0.3, -0.25) is 9.78 Å². The Labute approximate surface area is 169 Å². The van der Waals surface area contributed by atoms with Gasteiger partial charge in [-0.05, 0) is 55.9 Å². The molecule has 0 radical (unpaired) electrons. The second-order valence-corrected chi connectivity index (χ2v) is 7.49. The molecule has 0 aliphatic carbocycles. The Morgan fingerprint density at radius 3 is 2.72 bits per heavy atom. The van der Waals surface area contributed by atoms with Crippen LogP contribution in [-0.2, 0) is 17.8 Å². The molecule has 1 N–H and O–H groups in total. The highest BCUT2D eigenvalue weighted by molar-refractivity contribution is 5.79. The smallest absolute Gasteiger partial charge is 0.229 e. The van der Waals surface area contributed by atoms with Crippen LogP contribution in [0.1, 0.15) is 24.1 Å². The highest BCUT2D eigenvalue weighted by Crippen LogP contribution is 2.20. The van der Waals surface area contributed by atoms with E-state index in [0.717, 1.165) is 37.1 Å². The van der Waals surface area contributed by atoms with E-state index in [-0.39, 0.29) is 18.4 Å². The highest BCUT2D eigenvalue weighted by atomic mass is 16.2. The van der Waals surface area contributed by atoms with Crippen LogP contribution in [0, 0.1) is 0 Å². The van der Waals surface area contributed by atoms with Gasteiger partial charge in [-0.15, -0.1) is 10.2 Å². The van der Waals surface area contributed by atoms with E-state index in [1.165, 1.54) is 0 Å². The van der Waals surface area contributed by atoms with Crippen LogP contribution in [0.25, 0.3) is 11.4 Å². The monoisotopic (exact) mass is 391 g/mol. The molecule has 1 saturated heterocycles. The van der Waals surface area contributed by atoms with E-state index in [4.69, 9.17) is 0 Å². The minimum atomic E-state index is 0.0983. The Kier molecular flexibility index (Phi) is 5.90. The second-order valence-electron chi connectivity index (χ2n) is 7.49. The van der Waals surface area contributed by atoms with E-state index >= 15 is 0 Å². The standard InChI is InChI=1S/C21H25N7O/c1-27-11-8-19(9-12-27)28(15-16-5-3-2-4-6-16)20(29)14-18-13-17(7-10-22-18)21-23-25-26-24-21/h2-7,10,13,19H,8-9,11-12,14-15H2,1H3,(H,23,24,25,26). The molecule has 4 rings (SSSR count). The summed E-state index contributed by atoms with van der Waals surface area (Å²) in [5.41, 5.74) is 2.65. The molecule has 1 aliphatic rings. The molecule has 3 aromatic rings. The molecule has 1 amide bonds. The number of nitrogens with one attached hydrogen (secondary N) is 1. The first-order valence-electron chi connectivity index (χ1n) is 9.90. The SMILES string of the molecule is CN1CCC(N(Cc2ccccc2)C(=O)Cc2cc(-c3nn[nH]n3)ccn2)CC1. The summed E-state index contributed by atoms with van der Waals surface area (Å²) in [6.45, 7) is 2.64. The number of aromatic amines is 1. The number of carbonyl (C=O) groups excluding carboxylic acids is 1. The van der Waals surface area contributed by atoms with Crippen LogP contribution in [0.15, 0.2) is 48.7 Å². The summed E-state index contributed by atoms with van der Waals surface area (Å²) in [7, 11) is 2.13. The van der Waals surface area contributed by atoms with Crippen LogP contribution in [0.5, 0.6) is 0 Å². The van der Waals surface area contributed by atoms with E-state index in [1.807, 2.05) is 35.2 Å². The van der Waals surface area contributed by atoms with Crippen molar-refractivity contribution in [1.29, 1.82) is 0 Å². The van der Waals surface area contributed by atoms with Crippen LogP contribution in [-0.4, -0.2) is 67.5 Å². The number of likely N-dealkylation sites (tertiary alicyclic amines) is 1. The van der Waals surface area contributed by atoms with Crippen molar-refractivity contribution >= 4 is 5.91 Å². The van der Waals surface area contributed by atoms with Crippen molar-refractivity contribution in [3.05, 3.63) is 59.9 Å². The fourth-order valence-corrected chi connectivity index (χ4v) is 3.76. The number of hydrogen-bond donors (Lipinski definition) is 1. The molecule has 0 unspecified atom stereocenters. The maximum absolute atomic E-state index is 13.3. The van der Waals surface area contributed by atoms with E-state index in [0.29, 0.717) is 18.1 Å². The molecule has 29 heavy (non-hydrogen) atoms. The van der Waals surface area contributed by atoms with Gasteiger partial charge in [-0.25, -0.2) is 0 Å². The third-order valence-corrected chi connectivity index (χ3v) is 5.40. The summed E-state index contributed by atoms with van der Waals surface area (Å²) in [5.74, 6) is 0.596. The molecule has 0 atom stereocenters. The van der Waals surface area contributed by atoms with Gasteiger partial charge in [0.2, 0.25) is 11.7 Å². The summed E-state index contributed by atoms with van der Waals surface area (Å²) in [4.78, 5) is 22.1. The number of carbonyl (C=O) groups is 1. The van der Waals surface area contributed by atoms with Gasteiger partial charge in [-0.1, -0.05) is 30.3 Å². The number of pyridine rings is 1. The van der Waals surface area contributed by atoms with Gasteiger partial charge >= 0.3 is 0 Å². The van der Waals surface area contributed by atoms with Crippen LogP contribution in [0.4, 0.5) is 0 Å². The van der Waals surface area contributed by atoms with Gasteiger partial charge in [0.25, 0.3) is 0 Å². The Hall–Kier alpha value is -3.13. The van der Waals surface area contributed by atoms with Gasteiger partial charge < -0.3 is 9.80 Å². The first kappa shape index (κ1) is 19.2. The molecule has 8 nitrogen and oxygen atoms in total. The van der Waals surface area contributed by atoms with E-state index in [2.05, 4.69) is 49.7 Å². The number of amides is 1. The molecule has 2 aromatic heterocycles. The van der Waals surface area contributed by atoms with E-state index in [9.17, 15) is 4.79 Å². The lowest BCUT2D eigenvalue weighted by atomic mass is 10.0. The van der Waals surface area contributed by atoms with Gasteiger partial charge in [-0.2, -0.15) is 5.21 Å². The lowest BCUT2D eigenvalue weighted by Crippen LogP contribution is -2.46. The second kappa shape index (κ2) is 8.91. The van der Waals surface area contributed by atoms with E-state index in [1.54, 1.807) is 6.20 Å². The zero-order valence-electron chi connectivity index (χ0n) is 16.5. The van der Waals surface area contributed by atoms with Crippen molar-refractivity contribution < 1.29 is 4.79 Å². The number of benzene rings is 1. The number of rotatable bonds is 6. The zero-order valence-corrected chi connectivity index (χ0v) is 16.5. The lowest BCUT2D eigenvalue weighted by molar-refractivity contribution is -0.134. The summed E-state index contributed by atoms with van der Waals surface area (Å²) in [6.07, 6.45) is 3.92. The predicted molar refractivity (Wildman–Crippen MR) is 109 cm³/mol. The maximum Gasteiger partial charge on any atom is 0.229 e. The quantitative estimate of drug-likeness (QED) is 0.690. The summed E-state index contributed by atoms with van der Waals surface area (Å²) >= 11 is 0. The number of tetrazole rings is 1. The number of H-pyrrole nitrogens is 1. The molecule has 0 spiro atoms. The maximum atomic E-state index is 13.3. The molecule has 8 heteroatoms. The van der Waals surface area contributed by atoms with Gasteiger partial charge in [0.1, 0.15) is 0 Å². The van der Waals surface area contributed by atoms with Gasteiger partial charge in [0, 0.05) is 24.3 Å². The highest BCUT2D eigenvalue weighted by Gasteiger charge is 2.27. The fraction of sp³-hybridized carbons (Fsp3) is 0.381. The minimum Gasteiger partial charge on any atom is -0.335 e. The van der Waals surface area contributed by atoms with Crippen LogP contribution in [0.3, 0.4) is 0 Å². The van der Waals surface area contributed by atoms with Crippen molar-refractivity contribution in [2.45, 2.75) is 31.8 Å². The van der Waals surface area contributed by atoms with Crippen molar-refractivity contribution in [3.8, 4) is 11.4 Å². The normalized spacial score (nSPS) is 15.3. The first-order valence-corrected chi connectivity index (χ1v) is 9.90. The number of nitrogens with zero attached hydrogens (tertiary/aromatic N) is 6. The number of hydrogen-bond acceptors (Lipinski definition) is 6. The average molecular weight is 391 g/mol. The molecular weight excluding hydrogens is 366 g/mol. The van der Waals surface area contributed by atoms with Crippen LogP contribution >= 0.6 is 0 Å².